The number of carbonyl (C=O) groups is 2. The maximum Gasteiger partial charge on any atom is 0.317 e. The highest BCUT2D eigenvalue weighted by atomic mass is 16.5. The van der Waals surface area contributed by atoms with Crippen LogP contribution in [0, 0.1) is 5.92 Å². The third-order valence-corrected chi connectivity index (χ3v) is 4.18. The number of ether oxygens (including phenoxy) is 1. The van der Waals surface area contributed by atoms with Crippen LogP contribution in [0.2, 0.25) is 0 Å². The van der Waals surface area contributed by atoms with E-state index in [9.17, 15) is 9.59 Å². The second kappa shape index (κ2) is 7.47. The van der Waals surface area contributed by atoms with Crippen molar-refractivity contribution in [3.63, 3.8) is 0 Å². The number of hydrogen-bond acceptors (Lipinski definition) is 3. The molecule has 0 spiro atoms. The number of urea groups is 1. The quantitative estimate of drug-likeness (QED) is 0.784. The SMILES string of the molecule is CNC(=O)C1CCC(NC(=O)N2CCCOCC2)CC1. The summed E-state index contributed by atoms with van der Waals surface area (Å²) in [4.78, 5) is 25.6. The number of nitrogens with one attached hydrogen (secondary N) is 2. The van der Waals surface area contributed by atoms with Crippen molar-refractivity contribution in [2.75, 3.05) is 33.4 Å². The maximum absolute atomic E-state index is 12.2. The average Bonchev–Trinajstić information content (AvgIpc) is 2.76. The van der Waals surface area contributed by atoms with Crippen molar-refractivity contribution in [3.8, 4) is 0 Å². The van der Waals surface area contributed by atoms with Gasteiger partial charge in [0.1, 0.15) is 0 Å². The fourth-order valence-electron chi connectivity index (χ4n) is 2.92. The molecule has 2 rings (SSSR count). The van der Waals surface area contributed by atoms with Gasteiger partial charge in [-0.3, -0.25) is 4.79 Å². The first-order valence-corrected chi connectivity index (χ1v) is 7.55. The smallest absolute Gasteiger partial charge is 0.317 e. The van der Waals surface area contributed by atoms with E-state index in [1.54, 1.807) is 7.05 Å². The molecule has 1 aliphatic carbocycles. The molecule has 2 fully saturated rings. The lowest BCUT2D eigenvalue weighted by atomic mass is 9.85. The molecule has 0 atom stereocenters. The van der Waals surface area contributed by atoms with Crippen molar-refractivity contribution in [1.82, 2.24) is 15.5 Å². The van der Waals surface area contributed by atoms with Crippen LogP contribution < -0.4 is 10.6 Å². The fraction of sp³-hybridized carbons (Fsp3) is 0.857. The van der Waals surface area contributed by atoms with Crippen LogP contribution >= 0.6 is 0 Å². The summed E-state index contributed by atoms with van der Waals surface area (Å²) in [6.07, 6.45) is 4.38. The highest BCUT2D eigenvalue weighted by Gasteiger charge is 2.27. The lowest BCUT2D eigenvalue weighted by Gasteiger charge is -2.30. The first-order chi connectivity index (χ1) is 9.70. The molecule has 114 valence electrons. The first-order valence-electron chi connectivity index (χ1n) is 7.55. The third kappa shape index (κ3) is 4.10. The molecule has 0 unspecified atom stereocenters. The molecule has 0 aromatic heterocycles. The second-order valence-corrected chi connectivity index (χ2v) is 5.57. The molecule has 2 N–H and O–H groups in total. The summed E-state index contributed by atoms with van der Waals surface area (Å²) in [5.41, 5.74) is 0. The van der Waals surface area contributed by atoms with Crippen molar-refractivity contribution >= 4 is 11.9 Å². The van der Waals surface area contributed by atoms with E-state index < -0.39 is 0 Å². The summed E-state index contributed by atoms with van der Waals surface area (Å²) in [6.45, 7) is 2.79. The third-order valence-electron chi connectivity index (χ3n) is 4.18. The van der Waals surface area contributed by atoms with Crippen LogP contribution in [0.15, 0.2) is 0 Å². The van der Waals surface area contributed by atoms with Gasteiger partial charge in [0.25, 0.3) is 0 Å². The van der Waals surface area contributed by atoms with Crippen LogP contribution in [0.4, 0.5) is 4.79 Å². The van der Waals surface area contributed by atoms with Crippen LogP contribution in [0.5, 0.6) is 0 Å². The van der Waals surface area contributed by atoms with Crippen LogP contribution in [0.1, 0.15) is 32.1 Å². The first kappa shape index (κ1) is 15.1. The molecule has 0 bridgehead atoms. The van der Waals surface area contributed by atoms with Crippen LogP contribution in [0.25, 0.3) is 0 Å². The van der Waals surface area contributed by atoms with Gasteiger partial charge in [-0.25, -0.2) is 4.79 Å². The molecule has 6 heteroatoms. The normalized spacial score (nSPS) is 27.6. The second-order valence-electron chi connectivity index (χ2n) is 5.57. The Bertz CT molecular complexity index is 333. The molecule has 0 aromatic carbocycles. The van der Waals surface area contributed by atoms with E-state index in [-0.39, 0.29) is 23.9 Å². The lowest BCUT2D eigenvalue weighted by molar-refractivity contribution is -0.125. The zero-order chi connectivity index (χ0) is 14.4. The average molecular weight is 283 g/mol. The molecule has 0 radical (unpaired) electrons. The Morgan fingerprint density at radius 2 is 1.85 bits per heavy atom. The van der Waals surface area contributed by atoms with E-state index in [2.05, 4.69) is 10.6 Å². The summed E-state index contributed by atoms with van der Waals surface area (Å²) < 4.78 is 5.35. The van der Waals surface area contributed by atoms with Crippen molar-refractivity contribution < 1.29 is 14.3 Å². The van der Waals surface area contributed by atoms with Crippen molar-refractivity contribution in [1.29, 1.82) is 0 Å². The predicted octanol–water partition coefficient (Wildman–Crippen LogP) is 0.723. The monoisotopic (exact) mass is 283 g/mol. The molecule has 1 saturated heterocycles. The van der Waals surface area contributed by atoms with Crippen LogP contribution in [-0.4, -0.2) is 56.2 Å². The maximum atomic E-state index is 12.2. The predicted molar refractivity (Wildman–Crippen MR) is 75.4 cm³/mol. The summed E-state index contributed by atoms with van der Waals surface area (Å²) in [5.74, 6) is 0.235. The molecular weight excluding hydrogens is 258 g/mol. The number of rotatable bonds is 2. The Hall–Kier alpha value is -1.30. The fourth-order valence-corrected chi connectivity index (χ4v) is 2.92. The lowest BCUT2D eigenvalue weighted by Crippen LogP contribution is -2.47. The van der Waals surface area contributed by atoms with E-state index in [0.29, 0.717) is 13.2 Å². The summed E-state index contributed by atoms with van der Waals surface area (Å²) in [6, 6.07) is 0.214. The Morgan fingerprint density at radius 3 is 2.55 bits per heavy atom. The van der Waals surface area contributed by atoms with E-state index in [4.69, 9.17) is 4.74 Å². The van der Waals surface area contributed by atoms with E-state index in [0.717, 1.165) is 45.3 Å². The number of carbonyl (C=O) groups excluding carboxylic acids is 2. The molecule has 3 amide bonds. The Morgan fingerprint density at radius 1 is 1.10 bits per heavy atom. The van der Waals surface area contributed by atoms with Gasteiger partial charge < -0.3 is 20.3 Å². The molecular formula is C14H25N3O3. The molecule has 1 heterocycles. The van der Waals surface area contributed by atoms with Crippen LogP contribution in [0.3, 0.4) is 0 Å². The zero-order valence-corrected chi connectivity index (χ0v) is 12.2. The van der Waals surface area contributed by atoms with Gasteiger partial charge in [0, 0.05) is 38.7 Å². The Balaban J connectivity index is 1.74. The minimum Gasteiger partial charge on any atom is -0.380 e. The molecule has 1 aliphatic heterocycles. The zero-order valence-electron chi connectivity index (χ0n) is 12.2. The van der Waals surface area contributed by atoms with E-state index >= 15 is 0 Å². The van der Waals surface area contributed by atoms with Gasteiger partial charge in [-0.2, -0.15) is 0 Å². The molecule has 6 nitrogen and oxygen atoms in total. The molecule has 2 aliphatic rings. The van der Waals surface area contributed by atoms with Gasteiger partial charge in [0.2, 0.25) is 5.91 Å². The van der Waals surface area contributed by atoms with Gasteiger partial charge in [0.05, 0.1) is 6.61 Å². The van der Waals surface area contributed by atoms with Gasteiger partial charge in [-0.05, 0) is 32.1 Å². The standard InChI is InChI=1S/C14H25N3O3/c1-15-13(18)11-3-5-12(6-4-11)16-14(19)17-7-2-9-20-10-8-17/h11-12H,2-10H2,1H3,(H,15,18)(H,16,19). The summed E-state index contributed by atoms with van der Waals surface area (Å²) in [5, 5.41) is 5.79. The summed E-state index contributed by atoms with van der Waals surface area (Å²) >= 11 is 0. The van der Waals surface area contributed by atoms with Crippen molar-refractivity contribution in [3.05, 3.63) is 0 Å². The van der Waals surface area contributed by atoms with Crippen molar-refractivity contribution in [2.45, 2.75) is 38.1 Å². The number of amides is 3. The van der Waals surface area contributed by atoms with Gasteiger partial charge in [0.15, 0.2) is 0 Å². The Labute approximate surface area is 120 Å². The largest absolute Gasteiger partial charge is 0.380 e. The molecule has 1 saturated carbocycles. The van der Waals surface area contributed by atoms with E-state index in [1.165, 1.54) is 0 Å². The summed E-state index contributed by atoms with van der Waals surface area (Å²) in [7, 11) is 1.68. The minimum atomic E-state index is 0.0129. The van der Waals surface area contributed by atoms with E-state index in [1.807, 2.05) is 4.90 Å². The van der Waals surface area contributed by atoms with Gasteiger partial charge in [-0.15, -0.1) is 0 Å². The number of nitrogens with zero attached hydrogens (tertiary/aromatic N) is 1. The van der Waals surface area contributed by atoms with Crippen LogP contribution in [-0.2, 0) is 9.53 Å². The topological polar surface area (TPSA) is 70.7 Å². The Kier molecular flexibility index (Phi) is 5.64. The van der Waals surface area contributed by atoms with Crippen molar-refractivity contribution in [2.24, 2.45) is 5.92 Å². The molecule has 20 heavy (non-hydrogen) atoms. The highest BCUT2D eigenvalue weighted by molar-refractivity contribution is 5.78. The minimum absolute atomic E-state index is 0.0129. The number of hydrogen-bond donors (Lipinski definition) is 2. The molecule has 0 aromatic rings. The van der Waals surface area contributed by atoms with Gasteiger partial charge in [-0.1, -0.05) is 0 Å². The highest BCUT2D eigenvalue weighted by Crippen LogP contribution is 2.24. The van der Waals surface area contributed by atoms with Gasteiger partial charge >= 0.3 is 6.03 Å².